The molecule has 0 aliphatic carbocycles. The van der Waals surface area contributed by atoms with Gasteiger partial charge in [0.05, 0.1) is 12.6 Å². The summed E-state index contributed by atoms with van der Waals surface area (Å²) >= 11 is 0. The summed E-state index contributed by atoms with van der Waals surface area (Å²) < 4.78 is 4.70. The molecule has 1 saturated heterocycles. The van der Waals surface area contributed by atoms with Crippen LogP contribution in [0.4, 0.5) is 0 Å². The molecule has 0 bridgehead atoms. The second-order valence-electron chi connectivity index (χ2n) is 2.92. The summed E-state index contributed by atoms with van der Waals surface area (Å²) in [4.78, 5) is 13.1. The predicted octanol–water partition coefficient (Wildman–Crippen LogP) is 0.647. The van der Waals surface area contributed by atoms with Crippen LogP contribution in [-0.4, -0.2) is 36.6 Å². The monoisotopic (exact) mass is 181 g/mol. The van der Waals surface area contributed by atoms with Crippen LogP contribution in [0, 0.1) is 11.8 Å². The van der Waals surface area contributed by atoms with Gasteiger partial charge in [0, 0.05) is 12.5 Å². The number of likely N-dealkylation sites (tertiary alicyclic amines) is 1. The molecule has 1 heterocycles. The van der Waals surface area contributed by atoms with Crippen molar-refractivity contribution in [1.82, 2.24) is 4.90 Å². The summed E-state index contributed by atoms with van der Waals surface area (Å²) in [6.45, 7) is 6.37. The van der Waals surface area contributed by atoms with E-state index in [1.165, 1.54) is 0 Å². The first-order valence-electron chi connectivity index (χ1n) is 4.70. The van der Waals surface area contributed by atoms with Crippen LogP contribution in [0.25, 0.3) is 0 Å². The van der Waals surface area contributed by atoms with E-state index in [9.17, 15) is 4.79 Å². The zero-order valence-corrected chi connectivity index (χ0v) is 8.17. The third-order valence-electron chi connectivity index (χ3n) is 2.15. The van der Waals surface area contributed by atoms with Crippen LogP contribution in [-0.2, 0) is 9.53 Å². The fourth-order valence-electron chi connectivity index (χ4n) is 1.29. The second kappa shape index (κ2) is 4.88. The number of hydrogen-bond acceptors (Lipinski definition) is 3. The minimum absolute atomic E-state index is 0.273. The highest BCUT2D eigenvalue weighted by molar-refractivity contribution is 5.88. The van der Waals surface area contributed by atoms with E-state index in [4.69, 9.17) is 4.74 Å². The number of nitrogens with zero attached hydrogens (tertiary/aromatic N) is 1. The summed E-state index contributed by atoms with van der Waals surface area (Å²) in [6, 6.07) is 0.273. The van der Waals surface area contributed by atoms with Crippen molar-refractivity contribution in [2.75, 3.05) is 19.7 Å². The molecule has 13 heavy (non-hydrogen) atoms. The average Bonchev–Trinajstić information content (AvgIpc) is 2.04. The molecule has 0 N–H and O–H groups in total. The highest BCUT2D eigenvalue weighted by Gasteiger charge is 2.23. The van der Waals surface area contributed by atoms with E-state index in [1.54, 1.807) is 6.92 Å². The Morgan fingerprint density at radius 2 is 2.38 bits per heavy atom. The Hall–Kier alpha value is -1.01. The summed E-state index contributed by atoms with van der Waals surface area (Å²) in [5.41, 5.74) is 0. The van der Waals surface area contributed by atoms with Gasteiger partial charge in [0.2, 0.25) is 0 Å². The maximum Gasteiger partial charge on any atom is 0.384 e. The Labute approximate surface area is 79.1 Å². The summed E-state index contributed by atoms with van der Waals surface area (Å²) in [5, 5.41) is 0. The molecule has 1 aliphatic rings. The molecular formula is C10H15NO2. The molecule has 1 aliphatic heterocycles. The molecule has 0 radical (unpaired) electrons. The fourth-order valence-corrected chi connectivity index (χ4v) is 1.29. The number of carbonyl (C=O) groups excluding carboxylic acids is 1. The molecule has 3 heteroatoms. The lowest BCUT2D eigenvalue weighted by molar-refractivity contribution is -0.136. The maximum absolute atomic E-state index is 10.9. The lowest BCUT2D eigenvalue weighted by Crippen LogP contribution is -2.46. The first kappa shape index (κ1) is 10.1. The van der Waals surface area contributed by atoms with Gasteiger partial charge >= 0.3 is 5.97 Å². The molecule has 1 atom stereocenters. The van der Waals surface area contributed by atoms with E-state index >= 15 is 0 Å². The first-order valence-corrected chi connectivity index (χ1v) is 4.70. The van der Waals surface area contributed by atoms with Gasteiger partial charge in [-0.1, -0.05) is 12.8 Å². The van der Waals surface area contributed by atoms with Crippen LogP contribution >= 0.6 is 0 Å². The van der Waals surface area contributed by atoms with Crippen LogP contribution in [0.3, 0.4) is 0 Å². The average molecular weight is 181 g/mol. The number of esters is 1. The fraction of sp³-hybridized carbons (Fsp3) is 0.700. The van der Waals surface area contributed by atoms with E-state index in [0.29, 0.717) is 6.61 Å². The van der Waals surface area contributed by atoms with Crippen LogP contribution in [0.15, 0.2) is 0 Å². The molecule has 1 fully saturated rings. The zero-order chi connectivity index (χ0) is 9.68. The van der Waals surface area contributed by atoms with E-state index in [1.807, 2.05) is 0 Å². The second-order valence-corrected chi connectivity index (χ2v) is 2.92. The molecule has 0 aromatic carbocycles. The Balaban J connectivity index is 2.34. The Morgan fingerprint density at radius 1 is 1.62 bits per heavy atom. The van der Waals surface area contributed by atoms with Crippen LogP contribution < -0.4 is 0 Å². The minimum Gasteiger partial charge on any atom is -0.456 e. The standard InChI is InChI=1S/C10H15NO2/c1-3-11-8-7-9(11)5-6-10(12)13-4-2/h9H,3-4,7-8H2,1-2H3. The quantitative estimate of drug-likeness (QED) is 0.356. The third kappa shape index (κ3) is 2.74. The molecule has 0 amide bonds. The summed E-state index contributed by atoms with van der Waals surface area (Å²) in [7, 11) is 0. The lowest BCUT2D eigenvalue weighted by atomic mass is 10.0. The van der Waals surface area contributed by atoms with Crippen molar-refractivity contribution in [2.45, 2.75) is 26.3 Å². The van der Waals surface area contributed by atoms with E-state index < -0.39 is 5.97 Å². The topological polar surface area (TPSA) is 29.5 Å². The number of ether oxygens (including phenoxy) is 1. The van der Waals surface area contributed by atoms with E-state index in [0.717, 1.165) is 19.5 Å². The molecule has 0 aromatic heterocycles. The Bertz CT molecular complexity index is 237. The smallest absolute Gasteiger partial charge is 0.384 e. The molecule has 0 aromatic rings. The van der Waals surface area contributed by atoms with Gasteiger partial charge in [-0.2, -0.15) is 0 Å². The molecule has 72 valence electrons. The van der Waals surface area contributed by atoms with Gasteiger partial charge in [0.25, 0.3) is 0 Å². The highest BCUT2D eigenvalue weighted by Crippen LogP contribution is 2.14. The summed E-state index contributed by atoms with van der Waals surface area (Å²) in [6.07, 6.45) is 1.07. The molecule has 0 saturated carbocycles. The number of hydrogen-bond donors (Lipinski definition) is 0. The van der Waals surface area contributed by atoms with Gasteiger partial charge in [-0.15, -0.1) is 0 Å². The van der Waals surface area contributed by atoms with E-state index in [-0.39, 0.29) is 6.04 Å². The number of carbonyl (C=O) groups is 1. The van der Waals surface area contributed by atoms with Crippen molar-refractivity contribution in [2.24, 2.45) is 0 Å². The van der Waals surface area contributed by atoms with Gasteiger partial charge < -0.3 is 4.74 Å². The maximum atomic E-state index is 10.9. The van der Waals surface area contributed by atoms with Gasteiger partial charge in [-0.25, -0.2) is 4.79 Å². The van der Waals surface area contributed by atoms with Crippen LogP contribution in [0.1, 0.15) is 20.3 Å². The van der Waals surface area contributed by atoms with Crippen molar-refractivity contribution < 1.29 is 9.53 Å². The lowest BCUT2D eigenvalue weighted by Gasteiger charge is -2.36. The molecular weight excluding hydrogens is 166 g/mol. The molecule has 3 nitrogen and oxygen atoms in total. The predicted molar refractivity (Wildman–Crippen MR) is 50.1 cm³/mol. The summed E-state index contributed by atoms with van der Waals surface area (Å²) in [5.74, 6) is 4.99. The van der Waals surface area contributed by atoms with Gasteiger partial charge in [0.15, 0.2) is 0 Å². The largest absolute Gasteiger partial charge is 0.456 e. The van der Waals surface area contributed by atoms with Crippen molar-refractivity contribution in [3.05, 3.63) is 0 Å². The SMILES string of the molecule is CCOC(=O)C#CC1CCN1CC. The van der Waals surface area contributed by atoms with Crippen molar-refractivity contribution in [3.63, 3.8) is 0 Å². The molecule has 1 rings (SSSR count). The Morgan fingerprint density at radius 3 is 2.85 bits per heavy atom. The van der Waals surface area contributed by atoms with Gasteiger partial charge in [-0.3, -0.25) is 4.90 Å². The third-order valence-corrected chi connectivity index (χ3v) is 2.15. The van der Waals surface area contributed by atoms with Crippen molar-refractivity contribution >= 4 is 5.97 Å². The minimum atomic E-state index is -0.412. The van der Waals surface area contributed by atoms with Gasteiger partial charge in [0.1, 0.15) is 0 Å². The van der Waals surface area contributed by atoms with Gasteiger partial charge in [-0.05, 0) is 19.9 Å². The molecule has 1 unspecified atom stereocenters. The Kier molecular flexibility index (Phi) is 3.78. The first-order chi connectivity index (χ1) is 6.27. The highest BCUT2D eigenvalue weighted by atomic mass is 16.5. The zero-order valence-electron chi connectivity index (χ0n) is 8.17. The number of rotatable bonds is 2. The van der Waals surface area contributed by atoms with Crippen molar-refractivity contribution in [1.29, 1.82) is 0 Å². The molecule has 0 spiro atoms. The van der Waals surface area contributed by atoms with Crippen LogP contribution in [0.2, 0.25) is 0 Å². The van der Waals surface area contributed by atoms with E-state index in [2.05, 4.69) is 23.7 Å². The van der Waals surface area contributed by atoms with Crippen LogP contribution in [0.5, 0.6) is 0 Å². The normalized spacial score (nSPS) is 21.2. The van der Waals surface area contributed by atoms with Crippen molar-refractivity contribution in [3.8, 4) is 11.8 Å².